The molecular weight excluding hydrogens is 248 g/mol. The molecule has 2 rings (SSSR count). The summed E-state index contributed by atoms with van der Waals surface area (Å²) in [5.74, 6) is 0. The third-order valence-corrected chi connectivity index (χ3v) is 3.47. The number of ether oxygens (including phenoxy) is 1. The van der Waals surface area contributed by atoms with Crippen molar-refractivity contribution in [3.8, 4) is 6.07 Å². The van der Waals surface area contributed by atoms with Gasteiger partial charge in [0.05, 0.1) is 16.7 Å². The minimum absolute atomic E-state index is 0.389. The van der Waals surface area contributed by atoms with Crippen LogP contribution in [0, 0.1) is 11.3 Å². The van der Waals surface area contributed by atoms with Crippen LogP contribution in [0.4, 0.5) is 5.69 Å². The molecule has 0 radical (unpaired) electrons. The fourth-order valence-corrected chi connectivity index (χ4v) is 2.35. The van der Waals surface area contributed by atoms with Crippen LogP contribution in [0.25, 0.3) is 0 Å². The number of nitrogens with one attached hydrogen (secondary N) is 1. The second-order valence-corrected chi connectivity index (χ2v) is 4.92. The highest BCUT2D eigenvalue weighted by Crippen LogP contribution is 2.21. The van der Waals surface area contributed by atoms with E-state index in [1.54, 1.807) is 12.1 Å². The van der Waals surface area contributed by atoms with Crippen LogP contribution < -0.4 is 5.32 Å². The highest BCUT2D eigenvalue weighted by Gasteiger charge is 2.12. The van der Waals surface area contributed by atoms with E-state index in [0.29, 0.717) is 16.7 Å². The maximum Gasteiger partial charge on any atom is 0.101 e. The Hall–Kier alpha value is -1.24. The standard InChI is InChI=1S/C14H17ClN2O/c15-14-9-12(5-4-11(14)10-16)17-7-6-13-3-1-2-8-18-13/h4-5,9,13,17H,1-3,6-8H2. The zero-order chi connectivity index (χ0) is 12.8. The van der Waals surface area contributed by atoms with Crippen LogP contribution >= 0.6 is 11.6 Å². The zero-order valence-electron chi connectivity index (χ0n) is 10.3. The molecule has 1 fully saturated rings. The summed E-state index contributed by atoms with van der Waals surface area (Å²) in [4.78, 5) is 0. The van der Waals surface area contributed by atoms with Crippen LogP contribution in [-0.2, 0) is 4.74 Å². The Morgan fingerprint density at radius 1 is 1.44 bits per heavy atom. The van der Waals surface area contributed by atoms with Crippen molar-refractivity contribution >= 4 is 17.3 Å². The van der Waals surface area contributed by atoms with Crippen molar-refractivity contribution in [3.05, 3.63) is 28.8 Å². The lowest BCUT2D eigenvalue weighted by atomic mass is 10.1. The third kappa shape index (κ3) is 3.63. The fraction of sp³-hybridized carbons (Fsp3) is 0.500. The first-order chi connectivity index (χ1) is 8.79. The average Bonchev–Trinajstić information content (AvgIpc) is 2.40. The van der Waals surface area contributed by atoms with E-state index >= 15 is 0 Å². The molecule has 0 bridgehead atoms. The number of benzene rings is 1. The molecule has 1 saturated heterocycles. The first-order valence-corrected chi connectivity index (χ1v) is 6.72. The molecule has 1 aliphatic heterocycles. The summed E-state index contributed by atoms with van der Waals surface area (Å²) in [6.07, 6.45) is 5.02. The summed E-state index contributed by atoms with van der Waals surface area (Å²) < 4.78 is 5.67. The summed E-state index contributed by atoms with van der Waals surface area (Å²) >= 11 is 5.97. The first-order valence-electron chi connectivity index (χ1n) is 6.35. The molecule has 1 aliphatic rings. The monoisotopic (exact) mass is 264 g/mol. The summed E-state index contributed by atoms with van der Waals surface area (Å²) in [7, 11) is 0. The smallest absolute Gasteiger partial charge is 0.101 e. The second kappa shape index (κ2) is 6.63. The Morgan fingerprint density at radius 3 is 3.00 bits per heavy atom. The number of nitriles is 1. The van der Waals surface area contributed by atoms with E-state index < -0.39 is 0 Å². The normalized spacial score (nSPS) is 19.2. The van der Waals surface area contributed by atoms with Crippen molar-refractivity contribution in [2.24, 2.45) is 0 Å². The number of nitrogens with zero attached hydrogens (tertiary/aromatic N) is 1. The molecule has 0 aliphatic carbocycles. The molecule has 0 spiro atoms. The quantitative estimate of drug-likeness (QED) is 0.904. The molecule has 1 heterocycles. The van der Waals surface area contributed by atoms with E-state index in [1.165, 1.54) is 12.8 Å². The summed E-state index contributed by atoms with van der Waals surface area (Å²) in [6, 6.07) is 7.46. The number of halogens is 1. The maximum atomic E-state index is 8.78. The van der Waals surface area contributed by atoms with Gasteiger partial charge in [0.25, 0.3) is 0 Å². The van der Waals surface area contributed by atoms with Crippen molar-refractivity contribution in [1.82, 2.24) is 0 Å². The molecule has 4 heteroatoms. The summed E-state index contributed by atoms with van der Waals surface area (Å²) in [5, 5.41) is 12.6. The predicted molar refractivity (Wildman–Crippen MR) is 72.9 cm³/mol. The van der Waals surface area contributed by atoms with Gasteiger partial charge < -0.3 is 10.1 Å². The van der Waals surface area contributed by atoms with Crippen LogP contribution in [0.2, 0.25) is 5.02 Å². The maximum absolute atomic E-state index is 8.78. The minimum atomic E-state index is 0.389. The van der Waals surface area contributed by atoms with E-state index in [4.69, 9.17) is 21.6 Å². The molecule has 1 N–H and O–H groups in total. The fourth-order valence-electron chi connectivity index (χ4n) is 2.13. The van der Waals surface area contributed by atoms with Gasteiger partial charge in [-0.25, -0.2) is 0 Å². The molecule has 0 saturated carbocycles. The Kier molecular flexibility index (Phi) is 4.86. The van der Waals surface area contributed by atoms with Gasteiger partial charge in [0.15, 0.2) is 0 Å². The van der Waals surface area contributed by atoms with E-state index in [0.717, 1.165) is 31.7 Å². The Bertz CT molecular complexity index is 436. The molecule has 18 heavy (non-hydrogen) atoms. The third-order valence-electron chi connectivity index (χ3n) is 3.16. The second-order valence-electron chi connectivity index (χ2n) is 4.51. The lowest BCUT2D eigenvalue weighted by Gasteiger charge is -2.22. The van der Waals surface area contributed by atoms with Crippen LogP contribution in [-0.4, -0.2) is 19.3 Å². The molecule has 0 aromatic heterocycles. The predicted octanol–water partition coefficient (Wildman–Crippen LogP) is 3.58. The van der Waals surface area contributed by atoms with Gasteiger partial charge >= 0.3 is 0 Å². The largest absolute Gasteiger partial charge is 0.385 e. The van der Waals surface area contributed by atoms with Crippen molar-refractivity contribution in [1.29, 1.82) is 5.26 Å². The van der Waals surface area contributed by atoms with Crippen LogP contribution in [0.3, 0.4) is 0 Å². The van der Waals surface area contributed by atoms with Crippen molar-refractivity contribution in [2.45, 2.75) is 31.8 Å². The lowest BCUT2D eigenvalue weighted by Crippen LogP contribution is -2.21. The van der Waals surface area contributed by atoms with Crippen molar-refractivity contribution in [2.75, 3.05) is 18.5 Å². The van der Waals surface area contributed by atoms with Crippen LogP contribution in [0.5, 0.6) is 0 Å². The van der Waals surface area contributed by atoms with E-state index in [2.05, 4.69) is 11.4 Å². The minimum Gasteiger partial charge on any atom is -0.385 e. The lowest BCUT2D eigenvalue weighted by molar-refractivity contribution is 0.0134. The van der Waals surface area contributed by atoms with Crippen LogP contribution in [0.15, 0.2) is 18.2 Å². The number of rotatable bonds is 4. The molecule has 0 amide bonds. The van der Waals surface area contributed by atoms with Crippen molar-refractivity contribution < 1.29 is 4.74 Å². The zero-order valence-corrected chi connectivity index (χ0v) is 11.0. The van der Waals surface area contributed by atoms with E-state index in [-0.39, 0.29) is 0 Å². The molecule has 1 aromatic rings. The van der Waals surface area contributed by atoms with Crippen LogP contribution in [0.1, 0.15) is 31.2 Å². The average molecular weight is 265 g/mol. The number of hydrogen-bond acceptors (Lipinski definition) is 3. The molecule has 1 atom stereocenters. The van der Waals surface area contributed by atoms with Gasteiger partial charge in [0, 0.05) is 18.8 Å². The van der Waals surface area contributed by atoms with Gasteiger partial charge in [0.1, 0.15) is 6.07 Å². The van der Waals surface area contributed by atoms with Gasteiger partial charge in [-0.05, 0) is 43.9 Å². The topological polar surface area (TPSA) is 45.0 Å². The molecule has 1 unspecified atom stereocenters. The highest BCUT2D eigenvalue weighted by atomic mass is 35.5. The van der Waals surface area contributed by atoms with Gasteiger partial charge in [-0.15, -0.1) is 0 Å². The summed E-state index contributed by atoms with van der Waals surface area (Å²) in [6.45, 7) is 1.76. The Balaban J connectivity index is 1.79. The number of hydrogen-bond donors (Lipinski definition) is 1. The SMILES string of the molecule is N#Cc1ccc(NCCC2CCCCO2)cc1Cl. The molecule has 96 valence electrons. The summed E-state index contributed by atoms with van der Waals surface area (Å²) in [5.41, 5.74) is 1.47. The van der Waals surface area contributed by atoms with Gasteiger partial charge in [0.2, 0.25) is 0 Å². The molecule has 3 nitrogen and oxygen atoms in total. The molecular formula is C14H17ClN2O. The van der Waals surface area contributed by atoms with Crippen molar-refractivity contribution in [3.63, 3.8) is 0 Å². The first kappa shape index (κ1) is 13.2. The number of anilines is 1. The van der Waals surface area contributed by atoms with Gasteiger partial charge in [-0.3, -0.25) is 0 Å². The van der Waals surface area contributed by atoms with E-state index in [1.807, 2.05) is 6.07 Å². The highest BCUT2D eigenvalue weighted by molar-refractivity contribution is 6.32. The van der Waals surface area contributed by atoms with Gasteiger partial charge in [-0.2, -0.15) is 5.26 Å². The Morgan fingerprint density at radius 2 is 2.33 bits per heavy atom. The molecule has 1 aromatic carbocycles. The van der Waals surface area contributed by atoms with E-state index in [9.17, 15) is 0 Å². The Labute approximate surface area is 113 Å². The van der Waals surface area contributed by atoms with Gasteiger partial charge in [-0.1, -0.05) is 11.6 Å².